The van der Waals surface area contributed by atoms with Crippen molar-refractivity contribution >= 4 is 5.91 Å². The average Bonchev–Trinajstić information content (AvgIpc) is 2.48. The Bertz CT molecular complexity index is 332. The number of nitrogens with two attached hydrogens (primary N) is 1. The van der Waals surface area contributed by atoms with E-state index in [-0.39, 0.29) is 13.0 Å². The van der Waals surface area contributed by atoms with Crippen molar-refractivity contribution in [1.82, 2.24) is 14.8 Å². The molecular formula is C8H14N4O2. The van der Waals surface area contributed by atoms with Gasteiger partial charge in [0, 0.05) is 6.42 Å². The third-order valence-electron chi connectivity index (χ3n) is 2.02. The van der Waals surface area contributed by atoms with Gasteiger partial charge in [-0.25, -0.2) is 0 Å². The zero-order chi connectivity index (χ0) is 10.8. The Balaban J connectivity index is 2.96. The second kappa shape index (κ2) is 3.75. The normalized spacial score (nSPS) is 11.6. The number of carbonyl (C=O) groups is 1. The average molecular weight is 198 g/mol. The summed E-state index contributed by atoms with van der Waals surface area (Å²) in [6.07, 6.45) is 1.66. The second-order valence-corrected chi connectivity index (χ2v) is 3.73. The number of primary amides is 1. The van der Waals surface area contributed by atoms with Crippen molar-refractivity contribution in [2.75, 3.05) is 0 Å². The van der Waals surface area contributed by atoms with Crippen LogP contribution < -0.4 is 5.73 Å². The molecule has 0 aromatic carbocycles. The third kappa shape index (κ3) is 2.08. The van der Waals surface area contributed by atoms with Crippen LogP contribution in [0.15, 0.2) is 6.33 Å². The number of aromatic nitrogens is 3. The first-order valence-electron chi connectivity index (χ1n) is 4.26. The topological polar surface area (TPSA) is 94.0 Å². The molecular weight excluding hydrogens is 184 g/mol. The van der Waals surface area contributed by atoms with Gasteiger partial charge in [-0.15, -0.1) is 10.2 Å². The second-order valence-electron chi connectivity index (χ2n) is 3.73. The molecule has 0 aliphatic heterocycles. The van der Waals surface area contributed by atoms with Crippen LogP contribution in [0.3, 0.4) is 0 Å². The molecule has 1 rings (SSSR count). The maximum atomic E-state index is 10.8. The number of hydrogen-bond donors (Lipinski definition) is 2. The smallest absolute Gasteiger partial charge is 0.219 e. The maximum Gasteiger partial charge on any atom is 0.219 e. The molecule has 3 N–H and O–H groups in total. The number of carbonyl (C=O) groups excluding carboxylic acids is 1. The fourth-order valence-electron chi connectivity index (χ4n) is 1.38. The lowest BCUT2D eigenvalue weighted by atomic mass is 10.00. The van der Waals surface area contributed by atoms with Crippen molar-refractivity contribution in [3.8, 4) is 0 Å². The summed E-state index contributed by atoms with van der Waals surface area (Å²) in [6, 6.07) is 0. The highest BCUT2D eigenvalue weighted by Gasteiger charge is 2.25. The van der Waals surface area contributed by atoms with E-state index >= 15 is 0 Å². The molecule has 14 heavy (non-hydrogen) atoms. The van der Waals surface area contributed by atoms with Gasteiger partial charge in [-0.05, 0) is 13.8 Å². The molecule has 0 aliphatic carbocycles. The Labute approximate surface area is 81.7 Å². The lowest BCUT2D eigenvalue weighted by molar-refractivity contribution is -0.119. The van der Waals surface area contributed by atoms with E-state index in [1.54, 1.807) is 4.57 Å². The van der Waals surface area contributed by atoms with Gasteiger partial charge in [-0.2, -0.15) is 0 Å². The molecule has 1 heterocycles. The van der Waals surface area contributed by atoms with Gasteiger partial charge >= 0.3 is 0 Å². The largest absolute Gasteiger partial charge is 0.388 e. The fourth-order valence-corrected chi connectivity index (χ4v) is 1.38. The lowest BCUT2D eigenvalue weighted by Gasteiger charge is -2.25. The predicted molar refractivity (Wildman–Crippen MR) is 49.1 cm³/mol. The molecule has 0 radical (unpaired) electrons. The molecule has 6 heteroatoms. The van der Waals surface area contributed by atoms with Crippen molar-refractivity contribution in [3.63, 3.8) is 0 Å². The third-order valence-corrected chi connectivity index (χ3v) is 2.02. The van der Waals surface area contributed by atoms with Crippen LogP contribution in [0.1, 0.15) is 26.1 Å². The molecule has 0 unspecified atom stereocenters. The van der Waals surface area contributed by atoms with E-state index in [4.69, 9.17) is 10.8 Å². The van der Waals surface area contributed by atoms with E-state index in [0.717, 1.165) is 0 Å². The minimum Gasteiger partial charge on any atom is -0.388 e. The molecule has 0 saturated heterocycles. The number of aliphatic hydroxyl groups excluding tert-OH is 1. The number of rotatable bonds is 4. The monoisotopic (exact) mass is 198 g/mol. The molecule has 0 bridgehead atoms. The van der Waals surface area contributed by atoms with Crippen LogP contribution in [0.25, 0.3) is 0 Å². The van der Waals surface area contributed by atoms with E-state index in [0.29, 0.717) is 5.82 Å². The zero-order valence-corrected chi connectivity index (χ0v) is 8.27. The van der Waals surface area contributed by atoms with Crippen molar-refractivity contribution in [1.29, 1.82) is 0 Å². The van der Waals surface area contributed by atoms with Gasteiger partial charge in [0.05, 0.1) is 5.54 Å². The molecule has 6 nitrogen and oxygen atoms in total. The van der Waals surface area contributed by atoms with Gasteiger partial charge in [-0.1, -0.05) is 0 Å². The van der Waals surface area contributed by atoms with Crippen LogP contribution in [0.2, 0.25) is 0 Å². The molecule has 1 amide bonds. The molecule has 0 fully saturated rings. The Morgan fingerprint density at radius 3 is 2.86 bits per heavy atom. The van der Waals surface area contributed by atoms with Gasteiger partial charge in [0.15, 0.2) is 5.82 Å². The van der Waals surface area contributed by atoms with Crippen molar-refractivity contribution in [2.24, 2.45) is 5.73 Å². The van der Waals surface area contributed by atoms with E-state index in [1.165, 1.54) is 6.33 Å². The van der Waals surface area contributed by atoms with E-state index in [2.05, 4.69) is 10.2 Å². The molecule has 1 aromatic heterocycles. The number of amides is 1. The molecule has 0 aliphatic rings. The summed E-state index contributed by atoms with van der Waals surface area (Å²) in [4.78, 5) is 10.8. The summed E-state index contributed by atoms with van der Waals surface area (Å²) in [5.74, 6) is 0.0313. The van der Waals surface area contributed by atoms with Gasteiger partial charge in [-0.3, -0.25) is 4.79 Å². The van der Waals surface area contributed by atoms with E-state index in [1.807, 2.05) is 13.8 Å². The van der Waals surface area contributed by atoms with Gasteiger partial charge in [0.1, 0.15) is 12.9 Å². The Morgan fingerprint density at radius 2 is 2.36 bits per heavy atom. The minimum absolute atomic E-state index is 0.179. The minimum atomic E-state index is -0.507. The number of nitrogens with zero attached hydrogens (tertiary/aromatic N) is 3. The Hall–Kier alpha value is -1.43. The van der Waals surface area contributed by atoms with Crippen molar-refractivity contribution < 1.29 is 9.90 Å². The summed E-state index contributed by atoms with van der Waals surface area (Å²) < 4.78 is 1.65. The quantitative estimate of drug-likeness (QED) is 0.674. The molecule has 0 saturated carbocycles. The van der Waals surface area contributed by atoms with Gasteiger partial charge in [0.2, 0.25) is 5.91 Å². The van der Waals surface area contributed by atoms with Crippen LogP contribution >= 0.6 is 0 Å². The van der Waals surface area contributed by atoms with E-state index < -0.39 is 11.4 Å². The molecule has 1 aromatic rings. The highest BCUT2D eigenvalue weighted by Crippen LogP contribution is 2.20. The van der Waals surface area contributed by atoms with Crippen LogP contribution in [-0.4, -0.2) is 25.8 Å². The standard InChI is InChI=1S/C8H14N4O2/c1-8(2,3-6(9)14)12-5-10-11-7(12)4-13/h5,13H,3-4H2,1-2H3,(H2,9,14). The van der Waals surface area contributed by atoms with Crippen LogP contribution in [0, 0.1) is 0 Å². The van der Waals surface area contributed by atoms with Crippen molar-refractivity contribution in [2.45, 2.75) is 32.4 Å². The first-order chi connectivity index (χ1) is 6.47. The summed E-state index contributed by atoms with van der Waals surface area (Å²) in [6.45, 7) is 3.46. The summed E-state index contributed by atoms with van der Waals surface area (Å²) >= 11 is 0. The Kier molecular flexibility index (Phi) is 2.85. The van der Waals surface area contributed by atoms with E-state index in [9.17, 15) is 4.79 Å². The van der Waals surface area contributed by atoms with Gasteiger partial charge in [0.25, 0.3) is 0 Å². The number of aliphatic hydroxyl groups is 1. The first kappa shape index (κ1) is 10.6. The zero-order valence-electron chi connectivity index (χ0n) is 8.27. The summed E-state index contributed by atoms with van der Waals surface area (Å²) in [5.41, 5.74) is 4.61. The van der Waals surface area contributed by atoms with Gasteiger partial charge < -0.3 is 15.4 Å². The molecule has 78 valence electrons. The molecule has 0 spiro atoms. The first-order valence-corrected chi connectivity index (χ1v) is 4.26. The maximum absolute atomic E-state index is 10.8. The van der Waals surface area contributed by atoms with Crippen LogP contribution in [-0.2, 0) is 16.9 Å². The van der Waals surface area contributed by atoms with Crippen LogP contribution in [0.4, 0.5) is 0 Å². The Morgan fingerprint density at radius 1 is 1.71 bits per heavy atom. The van der Waals surface area contributed by atoms with Crippen LogP contribution in [0.5, 0.6) is 0 Å². The number of hydrogen-bond acceptors (Lipinski definition) is 4. The highest BCUT2D eigenvalue weighted by molar-refractivity contribution is 5.74. The summed E-state index contributed by atoms with van der Waals surface area (Å²) in [7, 11) is 0. The lowest BCUT2D eigenvalue weighted by Crippen LogP contribution is -2.33. The summed E-state index contributed by atoms with van der Waals surface area (Å²) in [5, 5.41) is 16.4. The van der Waals surface area contributed by atoms with Crippen molar-refractivity contribution in [3.05, 3.63) is 12.2 Å². The SMILES string of the molecule is CC(C)(CC(N)=O)n1cnnc1CO. The predicted octanol–water partition coefficient (Wildman–Crippen LogP) is -0.619. The fraction of sp³-hybridized carbons (Fsp3) is 0.625. The molecule has 0 atom stereocenters. The highest BCUT2D eigenvalue weighted by atomic mass is 16.3.